The van der Waals surface area contributed by atoms with Crippen molar-refractivity contribution in [1.82, 2.24) is 19.5 Å². The van der Waals surface area contributed by atoms with Crippen LogP contribution in [0.25, 0.3) is 16.9 Å². The Hall–Kier alpha value is -1.95. The lowest BCUT2D eigenvalue weighted by Crippen LogP contribution is -2.20. The number of nitrogens with zero attached hydrogens (tertiary/aromatic N) is 4. The number of fused-ring (bicyclic) bond motifs is 1. The maximum absolute atomic E-state index is 4.70. The number of benzene rings is 1. The minimum Gasteiger partial charge on any atom is -0.365 e. The Bertz CT molecular complexity index is 941. The zero-order valence-corrected chi connectivity index (χ0v) is 19.0. The molecular formula is C22H30BrN5. The number of nitrogens with one attached hydrogen (secondary N) is 1. The fraction of sp³-hybridized carbons (Fsp3) is 0.500. The molecule has 0 saturated carbocycles. The average molecular weight is 444 g/mol. The van der Waals surface area contributed by atoms with Crippen molar-refractivity contribution in [2.24, 2.45) is 0 Å². The Kier molecular flexibility index (Phi) is 6.70. The molecule has 3 rings (SSSR count). The number of anilines is 1. The van der Waals surface area contributed by atoms with Crippen LogP contribution in [0.15, 0.2) is 29.0 Å². The van der Waals surface area contributed by atoms with Crippen LogP contribution in [0, 0.1) is 6.92 Å². The monoisotopic (exact) mass is 443 g/mol. The number of aromatic nitrogens is 4. The van der Waals surface area contributed by atoms with Gasteiger partial charge in [0.05, 0.1) is 5.69 Å². The molecule has 5 nitrogen and oxygen atoms in total. The smallest absolute Gasteiger partial charge is 0.170 e. The predicted octanol–water partition coefficient (Wildman–Crippen LogP) is 6.39. The lowest BCUT2D eigenvalue weighted by Gasteiger charge is -2.18. The number of halogens is 1. The molecule has 0 bridgehead atoms. The SMILES string of the molecule is CCCC(CCC)Nc1nc(C)nc2c1ncn2-c1ccc(C(C)C)cc1Br. The second kappa shape index (κ2) is 9.03. The van der Waals surface area contributed by atoms with E-state index in [2.05, 4.69) is 77.1 Å². The molecule has 0 aliphatic rings. The van der Waals surface area contributed by atoms with Crippen LogP contribution in [0.5, 0.6) is 0 Å². The molecule has 0 atom stereocenters. The summed E-state index contributed by atoms with van der Waals surface area (Å²) >= 11 is 3.73. The quantitative estimate of drug-likeness (QED) is 0.437. The van der Waals surface area contributed by atoms with Crippen LogP contribution >= 0.6 is 15.9 Å². The molecule has 0 radical (unpaired) electrons. The van der Waals surface area contributed by atoms with Gasteiger partial charge >= 0.3 is 0 Å². The minimum absolute atomic E-state index is 0.412. The van der Waals surface area contributed by atoms with Crippen molar-refractivity contribution >= 4 is 32.9 Å². The Morgan fingerprint density at radius 2 is 1.82 bits per heavy atom. The van der Waals surface area contributed by atoms with E-state index in [-0.39, 0.29) is 0 Å². The summed E-state index contributed by atoms with van der Waals surface area (Å²) in [6.45, 7) is 10.8. The van der Waals surface area contributed by atoms with E-state index in [9.17, 15) is 0 Å². The molecule has 2 aromatic heterocycles. The molecule has 0 aliphatic heterocycles. The highest BCUT2D eigenvalue weighted by molar-refractivity contribution is 9.10. The molecule has 0 saturated heterocycles. The van der Waals surface area contributed by atoms with E-state index < -0.39 is 0 Å². The molecule has 0 fully saturated rings. The van der Waals surface area contributed by atoms with Crippen LogP contribution in [0.2, 0.25) is 0 Å². The average Bonchev–Trinajstić information content (AvgIpc) is 3.05. The molecule has 1 N–H and O–H groups in total. The molecule has 0 unspecified atom stereocenters. The van der Waals surface area contributed by atoms with E-state index in [0.717, 1.165) is 58.6 Å². The van der Waals surface area contributed by atoms with Crippen molar-refractivity contribution in [3.8, 4) is 5.69 Å². The second-order valence-corrected chi connectivity index (χ2v) is 8.54. The highest BCUT2D eigenvalue weighted by Crippen LogP contribution is 2.30. The van der Waals surface area contributed by atoms with Gasteiger partial charge in [-0.15, -0.1) is 0 Å². The minimum atomic E-state index is 0.412. The van der Waals surface area contributed by atoms with Crippen LogP contribution < -0.4 is 5.32 Å². The summed E-state index contributed by atoms with van der Waals surface area (Å²) in [5.41, 5.74) is 3.99. The number of rotatable bonds is 8. The highest BCUT2D eigenvalue weighted by Gasteiger charge is 2.17. The summed E-state index contributed by atoms with van der Waals surface area (Å²) in [5, 5.41) is 3.63. The van der Waals surface area contributed by atoms with Crippen molar-refractivity contribution in [1.29, 1.82) is 0 Å². The third kappa shape index (κ3) is 4.37. The Labute approximate surface area is 176 Å². The van der Waals surface area contributed by atoms with E-state index in [4.69, 9.17) is 4.98 Å². The number of aryl methyl sites for hydroxylation is 1. The summed E-state index contributed by atoms with van der Waals surface area (Å²) in [7, 11) is 0. The summed E-state index contributed by atoms with van der Waals surface area (Å²) in [4.78, 5) is 14.0. The van der Waals surface area contributed by atoms with Crippen LogP contribution in [-0.4, -0.2) is 25.6 Å². The molecule has 28 heavy (non-hydrogen) atoms. The molecule has 1 aromatic carbocycles. The standard InChI is InChI=1S/C22H30BrN5/c1-6-8-17(9-7-2)27-21-20-22(26-15(5)25-21)28(13-24-20)19-11-10-16(14(3)4)12-18(19)23/h10-14,17H,6-9H2,1-5H3,(H,25,26,27). The first-order chi connectivity index (χ1) is 13.4. The summed E-state index contributed by atoms with van der Waals surface area (Å²) in [5.74, 6) is 2.07. The fourth-order valence-corrected chi connectivity index (χ4v) is 4.13. The zero-order valence-electron chi connectivity index (χ0n) is 17.5. The third-order valence-corrected chi connectivity index (χ3v) is 5.66. The van der Waals surface area contributed by atoms with E-state index in [1.807, 2.05) is 17.8 Å². The molecule has 3 aromatic rings. The lowest BCUT2D eigenvalue weighted by atomic mass is 10.0. The zero-order chi connectivity index (χ0) is 20.3. The van der Waals surface area contributed by atoms with Crippen LogP contribution in [0.3, 0.4) is 0 Å². The van der Waals surface area contributed by atoms with Crippen LogP contribution in [0.4, 0.5) is 5.82 Å². The van der Waals surface area contributed by atoms with Crippen molar-refractivity contribution < 1.29 is 0 Å². The maximum atomic E-state index is 4.70. The first-order valence-corrected chi connectivity index (χ1v) is 11.0. The van der Waals surface area contributed by atoms with Gasteiger partial charge < -0.3 is 5.32 Å². The van der Waals surface area contributed by atoms with Gasteiger partial charge in [0.25, 0.3) is 0 Å². The van der Waals surface area contributed by atoms with Gasteiger partial charge in [0.15, 0.2) is 17.0 Å². The molecular weight excluding hydrogens is 414 g/mol. The Balaban J connectivity index is 2.04. The van der Waals surface area contributed by atoms with Crippen molar-refractivity contribution in [3.63, 3.8) is 0 Å². The van der Waals surface area contributed by atoms with Gasteiger partial charge in [-0.25, -0.2) is 15.0 Å². The molecule has 0 aliphatic carbocycles. The number of hydrogen-bond acceptors (Lipinski definition) is 4. The van der Waals surface area contributed by atoms with Gasteiger partial charge in [0, 0.05) is 10.5 Å². The van der Waals surface area contributed by atoms with E-state index in [0.29, 0.717) is 12.0 Å². The maximum Gasteiger partial charge on any atom is 0.170 e. The van der Waals surface area contributed by atoms with E-state index >= 15 is 0 Å². The summed E-state index contributed by atoms with van der Waals surface area (Å²) < 4.78 is 3.08. The Morgan fingerprint density at radius 1 is 1.11 bits per heavy atom. The van der Waals surface area contributed by atoms with Gasteiger partial charge in [-0.3, -0.25) is 4.57 Å². The fourth-order valence-electron chi connectivity index (χ4n) is 3.54. The first-order valence-electron chi connectivity index (χ1n) is 10.2. The topological polar surface area (TPSA) is 55.6 Å². The molecule has 0 amide bonds. The lowest BCUT2D eigenvalue weighted by molar-refractivity contribution is 0.584. The van der Waals surface area contributed by atoms with E-state index in [1.54, 1.807) is 0 Å². The van der Waals surface area contributed by atoms with Gasteiger partial charge in [-0.1, -0.05) is 46.6 Å². The third-order valence-electron chi connectivity index (χ3n) is 5.02. The number of imidazole rings is 1. The highest BCUT2D eigenvalue weighted by atomic mass is 79.9. The Morgan fingerprint density at radius 3 is 2.43 bits per heavy atom. The summed E-state index contributed by atoms with van der Waals surface area (Å²) in [6.07, 6.45) is 6.39. The molecule has 2 heterocycles. The molecule has 0 spiro atoms. The van der Waals surface area contributed by atoms with Gasteiger partial charge in [0.2, 0.25) is 0 Å². The second-order valence-electron chi connectivity index (χ2n) is 7.69. The van der Waals surface area contributed by atoms with E-state index in [1.165, 1.54) is 5.56 Å². The van der Waals surface area contributed by atoms with Gasteiger partial charge in [-0.05, 0) is 59.3 Å². The predicted molar refractivity (Wildman–Crippen MR) is 120 cm³/mol. The van der Waals surface area contributed by atoms with Crippen molar-refractivity contribution in [3.05, 3.63) is 40.4 Å². The van der Waals surface area contributed by atoms with Gasteiger partial charge in [0.1, 0.15) is 12.2 Å². The van der Waals surface area contributed by atoms with Crippen LogP contribution in [-0.2, 0) is 0 Å². The van der Waals surface area contributed by atoms with Crippen LogP contribution in [0.1, 0.15) is 70.7 Å². The molecule has 150 valence electrons. The normalized spacial score (nSPS) is 11.7. The first kappa shape index (κ1) is 20.8. The van der Waals surface area contributed by atoms with Crippen molar-refractivity contribution in [2.45, 2.75) is 72.3 Å². The van der Waals surface area contributed by atoms with Gasteiger partial charge in [-0.2, -0.15) is 0 Å². The van der Waals surface area contributed by atoms with Crippen molar-refractivity contribution in [2.75, 3.05) is 5.32 Å². The largest absolute Gasteiger partial charge is 0.365 e. The summed E-state index contributed by atoms with van der Waals surface area (Å²) in [6, 6.07) is 6.89. The number of hydrogen-bond donors (Lipinski definition) is 1. The molecule has 6 heteroatoms.